The maximum atomic E-state index is 7.05. The summed E-state index contributed by atoms with van der Waals surface area (Å²) in [6.07, 6.45) is 10.8. The highest BCUT2D eigenvalue weighted by atomic mass is 14.8. The normalized spacial score (nSPS) is 40.8. The van der Waals surface area contributed by atoms with Gasteiger partial charge in [0, 0.05) is 23.3 Å². The van der Waals surface area contributed by atoms with E-state index >= 15 is 0 Å². The fourth-order valence-corrected chi connectivity index (χ4v) is 5.99. The van der Waals surface area contributed by atoms with E-state index in [0.717, 1.165) is 17.8 Å². The smallest absolute Gasteiger partial charge is 0.0465 e. The van der Waals surface area contributed by atoms with Gasteiger partial charge >= 0.3 is 0 Å². The van der Waals surface area contributed by atoms with E-state index in [-0.39, 0.29) is 5.54 Å². The lowest BCUT2D eigenvalue weighted by Gasteiger charge is -2.41. The Morgan fingerprint density at radius 3 is 2.90 bits per heavy atom. The Balaban J connectivity index is 1.66. The van der Waals surface area contributed by atoms with Gasteiger partial charge in [0.05, 0.1) is 0 Å². The third-order valence-corrected chi connectivity index (χ3v) is 6.74. The molecule has 0 aliphatic heterocycles. The molecule has 2 bridgehead atoms. The molecule has 0 saturated heterocycles. The molecule has 3 aliphatic rings. The SMILES string of the molecule is NC1(c2cncc3ccccc23)CC2CC1C1CCCC21. The van der Waals surface area contributed by atoms with Crippen molar-refractivity contribution in [2.75, 3.05) is 0 Å². The first-order valence-electron chi connectivity index (χ1n) is 8.39. The van der Waals surface area contributed by atoms with Crippen LogP contribution in [0.15, 0.2) is 36.7 Å². The van der Waals surface area contributed by atoms with Crippen molar-refractivity contribution in [3.8, 4) is 0 Å². The Hall–Kier alpha value is -1.41. The molecule has 1 aromatic carbocycles. The van der Waals surface area contributed by atoms with Crippen molar-refractivity contribution < 1.29 is 0 Å². The fraction of sp³-hybridized carbons (Fsp3) is 0.526. The molecule has 1 aromatic heterocycles. The summed E-state index contributed by atoms with van der Waals surface area (Å²) in [5.41, 5.74) is 8.22. The van der Waals surface area contributed by atoms with Crippen LogP contribution >= 0.6 is 0 Å². The number of pyridine rings is 1. The van der Waals surface area contributed by atoms with Crippen molar-refractivity contribution in [1.29, 1.82) is 0 Å². The van der Waals surface area contributed by atoms with Gasteiger partial charge in [0.2, 0.25) is 0 Å². The molecule has 2 N–H and O–H groups in total. The van der Waals surface area contributed by atoms with Crippen molar-refractivity contribution in [2.45, 2.75) is 37.6 Å². The number of nitrogens with zero attached hydrogens (tertiary/aromatic N) is 1. The first-order chi connectivity index (χ1) is 10.3. The van der Waals surface area contributed by atoms with Crippen LogP contribution in [-0.2, 0) is 5.54 Å². The molecule has 2 heteroatoms. The predicted molar refractivity (Wildman–Crippen MR) is 84.7 cm³/mol. The molecule has 2 nitrogen and oxygen atoms in total. The van der Waals surface area contributed by atoms with Crippen LogP contribution in [0.2, 0.25) is 0 Å². The lowest BCUT2D eigenvalue weighted by atomic mass is 9.68. The molecule has 2 aromatic rings. The van der Waals surface area contributed by atoms with Crippen LogP contribution in [0.3, 0.4) is 0 Å². The molecule has 3 aliphatic carbocycles. The molecular weight excluding hydrogens is 256 g/mol. The molecule has 3 saturated carbocycles. The summed E-state index contributed by atoms with van der Waals surface area (Å²) >= 11 is 0. The van der Waals surface area contributed by atoms with E-state index in [0.29, 0.717) is 5.92 Å². The highest BCUT2D eigenvalue weighted by Gasteiger charge is 2.60. The van der Waals surface area contributed by atoms with E-state index < -0.39 is 0 Å². The first kappa shape index (κ1) is 12.2. The van der Waals surface area contributed by atoms with E-state index in [4.69, 9.17) is 5.73 Å². The fourth-order valence-electron chi connectivity index (χ4n) is 5.99. The highest BCUT2D eigenvalue weighted by molar-refractivity contribution is 5.85. The Kier molecular flexibility index (Phi) is 2.36. The molecule has 0 radical (unpaired) electrons. The van der Waals surface area contributed by atoms with Gasteiger partial charge in [0.15, 0.2) is 0 Å². The summed E-state index contributed by atoms with van der Waals surface area (Å²) in [5, 5.41) is 2.54. The quantitative estimate of drug-likeness (QED) is 0.860. The number of aromatic nitrogens is 1. The number of rotatable bonds is 1. The largest absolute Gasteiger partial charge is 0.321 e. The highest BCUT2D eigenvalue weighted by Crippen LogP contribution is 2.64. The lowest BCUT2D eigenvalue weighted by Crippen LogP contribution is -2.46. The van der Waals surface area contributed by atoms with Crippen molar-refractivity contribution in [3.05, 3.63) is 42.2 Å². The molecule has 108 valence electrons. The zero-order valence-electron chi connectivity index (χ0n) is 12.3. The van der Waals surface area contributed by atoms with Gasteiger partial charge in [-0.3, -0.25) is 4.98 Å². The summed E-state index contributed by atoms with van der Waals surface area (Å²) in [7, 11) is 0. The van der Waals surface area contributed by atoms with E-state index in [2.05, 4.69) is 29.2 Å². The second-order valence-electron chi connectivity index (χ2n) is 7.51. The number of nitrogens with two attached hydrogens (primary N) is 1. The molecule has 1 heterocycles. The average molecular weight is 278 g/mol. The Bertz CT molecular complexity index is 704. The summed E-state index contributed by atoms with van der Waals surface area (Å²) in [6, 6.07) is 8.59. The van der Waals surface area contributed by atoms with Crippen molar-refractivity contribution in [3.63, 3.8) is 0 Å². The molecule has 5 unspecified atom stereocenters. The van der Waals surface area contributed by atoms with Crippen LogP contribution in [-0.4, -0.2) is 4.98 Å². The van der Waals surface area contributed by atoms with E-state index in [1.807, 2.05) is 12.4 Å². The maximum absolute atomic E-state index is 7.05. The molecule has 21 heavy (non-hydrogen) atoms. The van der Waals surface area contributed by atoms with Crippen LogP contribution in [0.4, 0.5) is 0 Å². The number of hydrogen-bond donors (Lipinski definition) is 1. The van der Waals surface area contributed by atoms with Crippen molar-refractivity contribution in [1.82, 2.24) is 4.98 Å². The van der Waals surface area contributed by atoms with Gasteiger partial charge < -0.3 is 5.73 Å². The second kappa shape index (κ2) is 4.07. The number of fused-ring (bicyclic) bond motifs is 6. The van der Waals surface area contributed by atoms with E-state index in [9.17, 15) is 0 Å². The lowest BCUT2D eigenvalue weighted by molar-refractivity contribution is 0.157. The zero-order chi connectivity index (χ0) is 14.0. The van der Waals surface area contributed by atoms with Gasteiger partial charge in [-0.15, -0.1) is 0 Å². The third kappa shape index (κ3) is 1.49. The second-order valence-corrected chi connectivity index (χ2v) is 7.51. The summed E-state index contributed by atoms with van der Waals surface area (Å²) in [6.45, 7) is 0. The first-order valence-corrected chi connectivity index (χ1v) is 8.39. The molecule has 5 rings (SSSR count). The number of hydrogen-bond acceptors (Lipinski definition) is 2. The van der Waals surface area contributed by atoms with Crippen LogP contribution in [0, 0.1) is 23.7 Å². The third-order valence-electron chi connectivity index (χ3n) is 6.74. The average Bonchev–Trinajstić information content (AvgIpc) is 3.18. The van der Waals surface area contributed by atoms with Gasteiger partial charge in [-0.25, -0.2) is 0 Å². The zero-order valence-corrected chi connectivity index (χ0v) is 12.3. The molecule has 5 atom stereocenters. The molecule has 0 spiro atoms. The van der Waals surface area contributed by atoms with Gasteiger partial charge in [0.1, 0.15) is 0 Å². The Morgan fingerprint density at radius 1 is 1.10 bits per heavy atom. The van der Waals surface area contributed by atoms with E-state index in [1.165, 1.54) is 48.4 Å². The molecule has 3 fully saturated rings. The van der Waals surface area contributed by atoms with Crippen LogP contribution in [0.25, 0.3) is 10.8 Å². The topological polar surface area (TPSA) is 38.9 Å². The van der Waals surface area contributed by atoms with Crippen LogP contribution in [0.5, 0.6) is 0 Å². The molecular formula is C19H22N2. The standard InChI is InChI=1S/C19H22N2/c20-19(9-13-8-17(19)16-7-3-6-14(13)16)18-11-21-10-12-4-1-2-5-15(12)18/h1-2,4-5,10-11,13-14,16-17H,3,6-9,20H2. The summed E-state index contributed by atoms with van der Waals surface area (Å²) < 4.78 is 0. The molecule has 0 amide bonds. The van der Waals surface area contributed by atoms with Gasteiger partial charge in [-0.1, -0.05) is 30.7 Å². The van der Waals surface area contributed by atoms with Crippen molar-refractivity contribution in [2.24, 2.45) is 29.4 Å². The number of benzene rings is 1. The predicted octanol–water partition coefficient (Wildman–Crippen LogP) is 3.84. The van der Waals surface area contributed by atoms with Crippen LogP contribution in [0.1, 0.15) is 37.7 Å². The summed E-state index contributed by atoms with van der Waals surface area (Å²) in [5.74, 6) is 3.41. The van der Waals surface area contributed by atoms with Gasteiger partial charge in [-0.2, -0.15) is 0 Å². The minimum atomic E-state index is -0.135. The summed E-state index contributed by atoms with van der Waals surface area (Å²) in [4.78, 5) is 4.49. The van der Waals surface area contributed by atoms with Gasteiger partial charge in [0.25, 0.3) is 0 Å². The van der Waals surface area contributed by atoms with Crippen molar-refractivity contribution >= 4 is 10.8 Å². The Labute approximate surface area is 125 Å². The van der Waals surface area contributed by atoms with E-state index in [1.54, 1.807) is 0 Å². The maximum Gasteiger partial charge on any atom is 0.0465 e. The van der Waals surface area contributed by atoms with Crippen LogP contribution < -0.4 is 5.73 Å². The minimum Gasteiger partial charge on any atom is -0.321 e. The van der Waals surface area contributed by atoms with Gasteiger partial charge in [-0.05, 0) is 60.3 Å². The minimum absolute atomic E-state index is 0.135. The monoisotopic (exact) mass is 278 g/mol. The Morgan fingerprint density at radius 2 is 1.95 bits per heavy atom.